The fourth-order valence-corrected chi connectivity index (χ4v) is 3.65. The monoisotopic (exact) mass is 266 g/mol. The van der Waals surface area contributed by atoms with Crippen molar-refractivity contribution in [2.45, 2.75) is 86.5 Å². The summed E-state index contributed by atoms with van der Waals surface area (Å²) < 4.78 is 0. The molecule has 6 atom stereocenters. The molecule has 0 saturated heterocycles. The molecule has 1 fully saturated rings. The molecule has 1 aliphatic carbocycles. The van der Waals surface area contributed by atoms with Crippen LogP contribution < -0.4 is 0 Å². The van der Waals surface area contributed by atoms with Gasteiger partial charge in [-0.1, -0.05) is 73.6 Å². The van der Waals surface area contributed by atoms with Crippen LogP contribution in [0.2, 0.25) is 0 Å². The van der Waals surface area contributed by atoms with Crippen LogP contribution in [0.5, 0.6) is 0 Å². The zero-order valence-electron chi connectivity index (χ0n) is 14.4. The van der Waals surface area contributed by atoms with Crippen LogP contribution in [0, 0.1) is 35.5 Å². The van der Waals surface area contributed by atoms with E-state index in [-0.39, 0.29) is 0 Å². The number of rotatable bonds is 10. The lowest BCUT2D eigenvalue weighted by Crippen LogP contribution is -2.10. The van der Waals surface area contributed by atoms with Crippen molar-refractivity contribution in [3.8, 4) is 0 Å². The fourth-order valence-electron chi connectivity index (χ4n) is 3.65. The van der Waals surface area contributed by atoms with E-state index in [1.54, 1.807) is 0 Å². The van der Waals surface area contributed by atoms with E-state index in [2.05, 4.69) is 41.5 Å². The van der Waals surface area contributed by atoms with Gasteiger partial charge in [0.25, 0.3) is 0 Å². The molecule has 6 unspecified atom stereocenters. The average Bonchev–Trinajstić information content (AvgIpc) is 3.14. The second kappa shape index (κ2) is 8.32. The molecule has 0 heterocycles. The molecule has 0 aromatic rings. The van der Waals surface area contributed by atoms with E-state index in [0.717, 1.165) is 35.5 Å². The van der Waals surface area contributed by atoms with Crippen LogP contribution in [-0.2, 0) is 0 Å². The molecule has 1 rings (SSSR count). The molecule has 0 amide bonds. The van der Waals surface area contributed by atoms with Gasteiger partial charge in [0, 0.05) is 0 Å². The maximum absolute atomic E-state index is 2.51. The van der Waals surface area contributed by atoms with Gasteiger partial charge in [0.1, 0.15) is 0 Å². The Balaban J connectivity index is 2.19. The van der Waals surface area contributed by atoms with E-state index in [1.165, 1.54) is 44.9 Å². The lowest BCUT2D eigenvalue weighted by molar-refractivity contribution is 0.306. The first-order chi connectivity index (χ1) is 8.99. The third-order valence-corrected chi connectivity index (χ3v) is 5.91. The topological polar surface area (TPSA) is 0 Å². The highest BCUT2D eigenvalue weighted by molar-refractivity contribution is 4.91. The molecule has 0 spiro atoms. The molecule has 0 aromatic carbocycles. The summed E-state index contributed by atoms with van der Waals surface area (Å²) in [4.78, 5) is 0. The van der Waals surface area contributed by atoms with Crippen molar-refractivity contribution < 1.29 is 0 Å². The van der Waals surface area contributed by atoms with E-state index < -0.39 is 0 Å². The van der Waals surface area contributed by atoms with Crippen LogP contribution in [0.15, 0.2) is 0 Å². The lowest BCUT2D eigenvalue weighted by Gasteiger charge is -2.20. The summed E-state index contributed by atoms with van der Waals surface area (Å²) in [6.45, 7) is 14.5. The van der Waals surface area contributed by atoms with Crippen LogP contribution in [0.3, 0.4) is 0 Å². The third kappa shape index (κ3) is 5.88. The van der Waals surface area contributed by atoms with Crippen LogP contribution >= 0.6 is 0 Å². The molecule has 1 aliphatic rings. The zero-order chi connectivity index (χ0) is 14.4. The SMILES string of the molecule is CCCC(C)C(C)CC1CC1C(C)CCC(C)CC. The largest absolute Gasteiger partial charge is 0.0654 e. The van der Waals surface area contributed by atoms with Crippen molar-refractivity contribution in [2.75, 3.05) is 0 Å². The first-order valence-electron chi connectivity index (χ1n) is 8.99. The Morgan fingerprint density at radius 3 is 2.16 bits per heavy atom. The molecule has 0 radical (unpaired) electrons. The molecule has 0 bridgehead atoms. The Hall–Kier alpha value is 0. The standard InChI is InChI=1S/C19H38/c1-7-9-15(4)17(6)12-18-13-19(18)16(5)11-10-14(3)8-2/h14-19H,7-13H2,1-6H3. The van der Waals surface area contributed by atoms with E-state index in [9.17, 15) is 0 Å². The minimum atomic E-state index is 0.932. The van der Waals surface area contributed by atoms with Gasteiger partial charge in [-0.05, 0) is 48.3 Å². The molecule has 1 saturated carbocycles. The normalized spacial score (nSPS) is 28.7. The van der Waals surface area contributed by atoms with Crippen LogP contribution in [0.4, 0.5) is 0 Å². The third-order valence-electron chi connectivity index (χ3n) is 5.91. The number of hydrogen-bond donors (Lipinski definition) is 0. The van der Waals surface area contributed by atoms with Crippen LogP contribution in [0.25, 0.3) is 0 Å². The molecule has 19 heavy (non-hydrogen) atoms. The summed E-state index contributed by atoms with van der Waals surface area (Å²) in [5.74, 6) is 5.93. The summed E-state index contributed by atoms with van der Waals surface area (Å²) in [6.07, 6.45) is 10.1. The first kappa shape index (κ1) is 17.1. The van der Waals surface area contributed by atoms with Crippen LogP contribution in [0.1, 0.15) is 86.5 Å². The van der Waals surface area contributed by atoms with Gasteiger partial charge in [-0.15, -0.1) is 0 Å². The molecular weight excluding hydrogens is 228 g/mol. The Labute approximate surface area is 122 Å². The van der Waals surface area contributed by atoms with E-state index in [0.29, 0.717) is 0 Å². The van der Waals surface area contributed by atoms with Crippen molar-refractivity contribution in [1.82, 2.24) is 0 Å². The first-order valence-corrected chi connectivity index (χ1v) is 8.99. The predicted molar refractivity (Wildman–Crippen MR) is 87.3 cm³/mol. The van der Waals surface area contributed by atoms with Crippen molar-refractivity contribution >= 4 is 0 Å². The van der Waals surface area contributed by atoms with Gasteiger partial charge in [-0.25, -0.2) is 0 Å². The van der Waals surface area contributed by atoms with Crippen LogP contribution in [-0.4, -0.2) is 0 Å². The zero-order valence-corrected chi connectivity index (χ0v) is 14.4. The Morgan fingerprint density at radius 1 is 0.895 bits per heavy atom. The molecular formula is C19H38. The smallest absolute Gasteiger partial charge is 0.0357 e. The minimum Gasteiger partial charge on any atom is -0.0654 e. The van der Waals surface area contributed by atoms with Crippen molar-refractivity contribution in [3.63, 3.8) is 0 Å². The van der Waals surface area contributed by atoms with Crippen molar-refractivity contribution in [2.24, 2.45) is 35.5 Å². The Morgan fingerprint density at radius 2 is 1.58 bits per heavy atom. The molecule has 0 N–H and O–H groups in total. The lowest BCUT2D eigenvalue weighted by atomic mass is 9.86. The summed E-state index contributed by atoms with van der Waals surface area (Å²) in [5, 5.41) is 0. The predicted octanol–water partition coefficient (Wildman–Crippen LogP) is 6.55. The van der Waals surface area contributed by atoms with Gasteiger partial charge in [0.15, 0.2) is 0 Å². The molecule has 0 nitrogen and oxygen atoms in total. The van der Waals surface area contributed by atoms with Gasteiger partial charge in [-0.2, -0.15) is 0 Å². The van der Waals surface area contributed by atoms with Gasteiger partial charge in [-0.3, -0.25) is 0 Å². The summed E-state index contributed by atoms with van der Waals surface area (Å²) in [6, 6.07) is 0. The molecule has 0 heteroatoms. The van der Waals surface area contributed by atoms with E-state index in [4.69, 9.17) is 0 Å². The highest BCUT2D eigenvalue weighted by Crippen LogP contribution is 2.50. The molecule has 0 aliphatic heterocycles. The Bertz CT molecular complexity index is 232. The second-order valence-corrected chi connectivity index (χ2v) is 7.71. The average molecular weight is 267 g/mol. The van der Waals surface area contributed by atoms with Crippen molar-refractivity contribution in [3.05, 3.63) is 0 Å². The second-order valence-electron chi connectivity index (χ2n) is 7.71. The van der Waals surface area contributed by atoms with E-state index >= 15 is 0 Å². The maximum atomic E-state index is 2.51. The van der Waals surface area contributed by atoms with Gasteiger partial charge in [0.2, 0.25) is 0 Å². The molecule has 0 aromatic heterocycles. The maximum Gasteiger partial charge on any atom is -0.0357 e. The summed E-state index contributed by atoms with van der Waals surface area (Å²) >= 11 is 0. The molecule has 114 valence electrons. The highest BCUT2D eigenvalue weighted by atomic mass is 14.5. The summed E-state index contributed by atoms with van der Waals surface area (Å²) in [5.41, 5.74) is 0. The Kier molecular flexibility index (Phi) is 7.47. The minimum absolute atomic E-state index is 0.932. The van der Waals surface area contributed by atoms with Gasteiger partial charge in [0.05, 0.1) is 0 Å². The van der Waals surface area contributed by atoms with Gasteiger partial charge < -0.3 is 0 Å². The van der Waals surface area contributed by atoms with Crippen molar-refractivity contribution in [1.29, 1.82) is 0 Å². The number of hydrogen-bond acceptors (Lipinski definition) is 0. The summed E-state index contributed by atoms with van der Waals surface area (Å²) in [7, 11) is 0. The fraction of sp³-hybridized carbons (Fsp3) is 1.00. The quantitative estimate of drug-likeness (QED) is 0.421. The highest BCUT2D eigenvalue weighted by Gasteiger charge is 2.41. The van der Waals surface area contributed by atoms with E-state index in [1.807, 2.05) is 0 Å². The van der Waals surface area contributed by atoms with Gasteiger partial charge >= 0.3 is 0 Å².